The van der Waals surface area contributed by atoms with Crippen LogP contribution < -0.4 is 31.9 Å². The van der Waals surface area contributed by atoms with Crippen molar-refractivity contribution in [1.29, 1.82) is 0 Å². The first-order valence-electron chi connectivity index (χ1n) is 19.7. The van der Waals surface area contributed by atoms with Crippen molar-refractivity contribution in [3.05, 3.63) is 71.8 Å². The molecule has 2 fully saturated rings. The molecular weight excluding hydrogens is 750 g/mol. The van der Waals surface area contributed by atoms with E-state index in [1.54, 1.807) is 60.7 Å². The number of hydrogen-bond acceptors (Lipinski definition) is 10. The van der Waals surface area contributed by atoms with Crippen LogP contribution in [0.3, 0.4) is 0 Å². The molecule has 17 nitrogen and oxygen atoms in total. The predicted molar refractivity (Wildman–Crippen MR) is 210 cm³/mol. The van der Waals surface area contributed by atoms with Gasteiger partial charge in [0.25, 0.3) is 0 Å². The van der Waals surface area contributed by atoms with Gasteiger partial charge in [0.05, 0.1) is 6.61 Å². The lowest BCUT2D eigenvalue weighted by Crippen LogP contribution is -2.60. The summed E-state index contributed by atoms with van der Waals surface area (Å²) in [5.74, 6) is -5.67. The van der Waals surface area contributed by atoms with Crippen molar-refractivity contribution in [1.82, 2.24) is 36.8 Å². The van der Waals surface area contributed by atoms with Crippen LogP contribution >= 0.6 is 0 Å². The number of esters is 1. The first kappa shape index (κ1) is 44.9. The van der Waals surface area contributed by atoms with E-state index in [-0.39, 0.29) is 38.1 Å². The molecular formula is C41H55N7O10. The minimum Gasteiger partial charge on any atom is -0.462 e. The summed E-state index contributed by atoms with van der Waals surface area (Å²) >= 11 is 0. The van der Waals surface area contributed by atoms with E-state index in [0.29, 0.717) is 24.3 Å². The van der Waals surface area contributed by atoms with E-state index in [9.17, 15) is 43.5 Å². The van der Waals surface area contributed by atoms with E-state index < -0.39 is 97.4 Å². The maximum atomic E-state index is 14.1. The molecule has 0 saturated carbocycles. The number of aliphatic hydroxyl groups excluding tert-OH is 1. The summed E-state index contributed by atoms with van der Waals surface area (Å²) in [6.45, 7) is 3.39. The van der Waals surface area contributed by atoms with Gasteiger partial charge in [0.2, 0.25) is 41.4 Å². The van der Waals surface area contributed by atoms with E-state index in [2.05, 4.69) is 31.9 Å². The van der Waals surface area contributed by atoms with Gasteiger partial charge in [-0.1, -0.05) is 80.9 Å². The minimum atomic E-state index is -1.61. The molecule has 2 aromatic carbocycles. The zero-order chi connectivity index (χ0) is 42.2. The van der Waals surface area contributed by atoms with E-state index in [4.69, 9.17) is 4.74 Å². The molecule has 17 heteroatoms. The number of nitrogens with zero attached hydrogens (tertiary/aromatic N) is 1. The highest BCUT2D eigenvalue weighted by Crippen LogP contribution is 2.19. The summed E-state index contributed by atoms with van der Waals surface area (Å²) < 4.78 is 5.33. The molecule has 7 N–H and O–H groups in total. The van der Waals surface area contributed by atoms with Gasteiger partial charge in [0.1, 0.15) is 49.4 Å². The molecule has 4 rings (SSSR count). The highest BCUT2D eigenvalue weighted by molar-refractivity contribution is 5.97. The summed E-state index contributed by atoms with van der Waals surface area (Å²) in [7, 11) is 0. The fourth-order valence-corrected chi connectivity index (χ4v) is 6.68. The Morgan fingerprint density at radius 1 is 0.862 bits per heavy atom. The van der Waals surface area contributed by atoms with Gasteiger partial charge in [0.15, 0.2) is 0 Å². The number of benzene rings is 2. The molecule has 7 amide bonds. The lowest BCUT2D eigenvalue weighted by molar-refractivity contribution is -0.147. The Balaban J connectivity index is 1.64. The Labute approximate surface area is 337 Å². The van der Waals surface area contributed by atoms with Crippen LogP contribution in [0.1, 0.15) is 64.0 Å². The topological polar surface area (TPSA) is 241 Å². The summed E-state index contributed by atoms with van der Waals surface area (Å²) in [5, 5.41) is 25.2. The molecule has 2 aliphatic rings. The van der Waals surface area contributed by atoms with E-state index >= 15 is 0 Å². The van der Waals surface area contributed by atoms with E-state index in [1.807, 2.05) is 13.8 Å². The number of carbonyl (C=O) groups excluding carboxylic acids is 8. The van der Waals surface area contributed by atoms with E-state index in [0.717, 1.165) is 12.0 Å². The molecule has 6 atom stereocenters. The Kier molecular flexibility index (Phi) is 17.2. The first-order chi connectivity index (χ1) is 27.7. The molecule has 2 saturated heterocycles. The molecule has 314 valence electrons. The average molecular weight is 806 g/mol. The second-order valence-electron chi connectivity index (χ2n) is 15.0. The van der Waals surface area contributed by atoms with Gasteiger partial charge in [-0.25, -0.2) is 0 Å². The number of aliphatic hydroxyl groups is 1. The lowest BCUT2D eigenvalue weighted by atomic mass is 10.0. The number of rotatable bonds is 12. The van der Waals surface area contributed by atoms with Gasteiger partial charge in [-0.15, -0.1) is 0 Å². The van der Waals surface area contributed by atoms with Crippen LogP contribution in [-0.2, 0) is 55.9 Å². The molecule has 2 aliphatic heterocycles. The SMILES string of the molecule is CC(C)CCCC(=O)N[C@@H](Cc1ccccc1)C(=O)N[C@@H]1COC(=O)CNC(=O)[C@H](CO)NC(=O)[C@@H]2CCCN2C(=O)[C@@H](C)NC(=O)[C@H](Cc2ccccc2)NC1=O. The number of carbonyl (C=O) groups is 8. The Morgan fingerprint density at radius 2 is 1.52 bits per heavy atom. The Morgan fingerprint density at radius 3 is 2.17 bits per heavy atom. The second kappa shape index (κ2) is 22.2. The summed E-state index contributed by atoms with van der Waals surface area (Å²) in [6, 6.07) is 9.97. The average Bonchev–Trinajstić information content (AvgIpc) is 3.70. The third-order valence-corrected chi connectivity index (χ3v) is 9.87. The molecule has 0 aliphatic carbocycles. The highest BCUT2D eigenvalue weighted by atomic mass is 16.5. The number of amides is 7. The van der Waals surface area contributed by atoms with Gasteiger partial charge in [0, 0.05) is 25.8 Å². The maximum absolute atomic E-state index is 14.1. The quantitative estimate of drug-likeness (QED) is 0.134. The monoisotopic (exact) mass is 805 g/mol. The number of hydrogen-bond donors (Lipinski definition) is 7. The van der Waals surface area contributed by atoms with Crippen molar-refractivity contribution in [2.45, 2.75) is 102 Å². The second-order valence-corrected chi connectivity index (χ2v) is 15.0. The van der Waals surface area contributed by atoms with Crippen LogP contribution in [0.2, 0.25) is 0 Å². The van der Waals surface area contributed by atoms with Gasteiger partial charge in [-0.2, -0.15) is 0 Å². The van der Waals surface area contributed by atoms with Crippen LogP contribution in [0.5, 0.6) is 0 Å². The van der Waals surface area contributed by atoms with Crippen LogP contribution in [0, 0.1) is 5.92 Å². The molecule has 2 aromatic rings. The predicted octanol–water partition coefficient (Wildman–Crippen LogP) is -0.602. The van der Waals surface area contributed by atoms with Crippen LogP contribution in [0.15, 0.2) is 60.7 Å². The fourth-order valence-electron chi connectivity index (χ4n) is 6.68. The Bertz CT molecular complexity index is 1760. The number of ether oxygens (including phenoxy) is 1. The standard InChI is InChI=1S/C41H55N7O10/c1-25(2)12-10-18-34(50)44-29(20-27-13-6-4-7-14-27)38(54)47-32-24-58-35(51)22-42-36(52)31(23-49)46-40(56)33-17-11-19-48(33)41(57)26(3)43-37(53)30(45-39(32)55)21-28-15-8-5-9-16-28/h4-9,13-16,25-26,29-33,49H,10-12,17-24H2,1-3H3,(H,42,52)(H,43,53)(H,44,50)(H,45,55)(H,46,56)(H,47,54)/t26-,29+,30+,31+,32-,33+/m1/s1. The zero-order valence-corrected chi connectivity index (χ0v) is 33.2. The first-order valence-corrected chi connectivity index (χ1v) is 19.7. The molecule has 0 radical (unpaired) electrons. The molecule has 0 bridgehead atoms. The van der Waals surface area contributed by atoms with Gasteiger partial charge in [-0.05, 0) is 43.2 Å². The van der Waals surface area contributed by atoms with Crippen molar-refractivity contribution in [2.24, 2.45) is 5.92 Å². The fraction of sp³-hybridized carbons (Fsp3) is 0.512. The van der Waals surface area contributed by atoms with Crippen molar-refractivity contribution < 1.29 is 48.2 Å². The summed E-state index contributed by atoms with van der Waals surface area (Å²) in [4.78, 5) is 109. The van der Waals surface area contributed by atoms with Crippen LogP contribution in [-0.4, -0.2) is 120 Å². The third kappa shape index (κ3) is 13.7. The maximum Gasteiger partial charge on any atom is 0.325 e. The van der Waals surface area contributed by atoms with Gasteiger partial charge in [-0.3, -0.25) is 38.4 Å². The normalized spacial score (nSPS) is 23.1. The third-order valence-electron chi connectivity index (χ3n) is 9.87. The van der Waals surface area contributed by atoms with Crippen LogP contribution in [0.4, 0.5) is 0 Å². The van der Waals surface area contributed by atoms with Crippen molar-refractivity contribution in [2.75, 3.05) is 26.3 Å². The molecule has 2 heterocycles. The summed E-state index contributed by atoms with van der Waals surface area (Å²) in [5.41, 5.74) is 1.37. The molecule has 58 heavy (non-hydrogen) atoms. The molecule has 0 unspecified atom stereocenters. The van der Waals surface area contributed by atoms with E-state index in [1.165, 1.54) is 11.8 Å². The highest BCUT2D eigenvalue weighted by Gasteiger charge is 2.39. The Hall–Kier alpha value is -5.84. The largest absolute Gasteiger partial charge is 0.462 e. The van der Waals surface area contributed by atoms with Crippen molar-refractivity contribution >= 4 is 47.3 Å². The van der Waals surface area contributed by atoms with Gasteiger partial charge < -0.3 is 46.6 Å². The number of fused-ring (bicyclic) bond motifs is 1. The zero-order valence-electron chi connectivity index (χ0n) is 33.2. The smallest absolute Gasteiger partial charge is 0.325 e. The van der Waals surface area contributed by atoms with Gasteiger partial charge >= 0.3 is 5.97 Å². The number of cyclic esters (lactones) is 1. The summed E-state index contributed by atoms with van der Waals surface area (Å²) in [6.07, 6.45) is 2.31. The molecule has 0 spiro atoms. The lowest BCUT2D eigenvalue weighted by Gasteiger charge is -2.29. The number of nitrogens with one attached hydrogen (secondary N) is 6. The molecule has 0 aromatic heterocycles. The minimum absolute atomic E-state index is 0.0355. The van der Waals surface area contributed by atoms with Crippen LogP contribution in [0.25, 0.3) is 0 Å². The van der Waals surface area contributed by atoms with Crippen molar-refractivity contribution in [3.63, 3.8) is 0 Å². The van der Waals surface area contributed by atoms with Crippen molar-refractivity contribution in [3.8, 4) is 0 Å².